The Morgan fingerprint density at radius 3 is 2.82 bits per heavy atom. The third-order valence-electron chi connectivity index (χ3n) is 3.23. The van der Waals surface area contributed by atoms with Gasteiger partial charge in [-0.15, -0.1) is 0 Å². The Morgan fingerprint density at radius 2 is 2.06 bits per heavy atom. The van der Waals surface area contributed by atoms with Crippen molar-refractivity contribution in [3.63, 3.8) is 0 Å². The molecule has 0 amide bonds. The largest absolute Gasteiger partial charge is 0.360 e. The highest BCUT2D eigenvalue weighted by atomic mass is 15.2. The van der Waals surface area contributed by atoms with E-state index in [-0.39, 0.29) is 0 Å². The molecule has 17 heavy (non-hydrogen) atoms. The summed E-state index contributed by atoms with van der Waals surface area (Å²) in [6, 6.07) is 8.86. The maximum atomic E-state index is 4.66. The first-order valence-electron chi connectivity index (χ1n) is 6.19. The molecular weight excluding hydrogens is 208 g/mol. The average molecular weight is 228 g/mol. The average Bonchev–Trinajstić information content (AvgIpc) is 2.32. The van der Waals surface area contributed by atoms with Crippen LogP contribution in [-0.4, -0.2) is 30.4 Å². The van der Waals surface area contributed by atoms with Crippen LogP contribution >= 0.6 is 0 Å². The van der Waals surface area contributed by atoms with Crippen molar-refractivity contribution in [1.82, 2.24) is 4.90 Å². The molecule has 0 aromatic heterocycles. The monoisotopic (exact) mass is 228 g/mol. The molecule has 0 bridgehead atoms. The van der Waals surface area contributed by atoms with E-state index in [1.165, 1.54) is 11.1 Å². The van der Waals surface area contributed by atoms with Crippen LogP contribution in [0.5, 0.6) is 0 Å². The second-order valence-corrected chi connectivity index (χ2v) is 4.74. The van der Waals surface area contributed by atoms with E-state index in [4.69, 9.17) is 0 Å². The second-order valence-electron chi connectivity index (χ2n) is 4.74. The number of hydrogen-bond donors (Lipinski definition) is 0. The van der Waals surface area contributed by atoms with E-state index in [0.29, 0.717) is 6.04 Å². The Labute approximate surface area is 104 Å². The molecule has 1 aliphatic heterocycles. The number of likely N-dealkylation sites (N-methyl/N-ethyl adjacent to an activating group) is 1. The minimum atomic E-state index is 0.447. The van der Waals surface area contributed by atoms with E-state index in [1.54, 1.807) is 0 Å². The van der Waals surface area contributed by atoms with E-state index in [2.05, 4.69) is 67.2 Å². The number of rotatable bonds is 2. The minimum Gasteiger partial charge on any atom is -0.360 e. The van der Waals surface area contributed by atoms with Crippen LogP contribution in [0, 0.1) is 6.92 Å². The van der Waals surface area contributed by atoms with Gasteiger partial charge in [0.05, 0.1) is 6.04 Å². The number of aryl methyl sites for hydroxylation is 1. The molecular formula is C15H20N2. The molecule has 1 aromatic carbocycles. The number of aliphatic imine (C=N–C) groups is 1. The number of nitrogens with zero attached hydrogens (tertiary/aromatic N) is 2. The zero-order valence-corrected chi connectivity index (χ0v) is 10.9. The van der Waals surface area contributed by atoms with Gasteiger partial charge in [0.2, 0.25) is 0 Å². The minimum absolute atomic E-state index is 0.447. The molecule has 0 fully saturated rings. The molecule has 2 rings (SSSR count). The summed E-state index contributed by atoms with van der Waals surface area (Å²) in [6.07, 6.45) is 5.43. The van der Waals surface area contributed by atoms with Gasteiger partial charge in [-0.3, -0.25) is 4.99 Å². The summed E-state index contributed by atoms with van der Waals surface area (Å²) in [6.45, 7) is 5.40. The molecule has 0 saturated heterocycles. The van der Waals surface area contributed by atoms with Crippen LogP contribution in [0.15, 0.2) is 35.3 Å². The van der Waals surface area contributed by atoms with E-state index < -0.39 is 0 Å². The van der Waals surface area contributed by atoms with Gasteiger partial charge in [-0.2, -0.15) is 0 Å². The number of benzene rings is 1. The molecule has 0 radical (unpaired) electrons. The van der Waals surface area contributed by atoms with Crippen molar-refractivity contribution in [2.75, 3.05) is 13.6 Å². The van der Waals surface area contributed by atoms with Crippen molar-refractivity contribution in [3.8, 4) is 0 Å². The van der Waals surface area contributed by atoms with Gasteiger partial charge >= 0.3 is 0 Å². The molecule has 1 unspecified atom stereocenters. The van der Waals surface area contributed by atoms with Gasteiger partial charge in [0, 0.05) is 13.6 Å². The first kappa shape index (κ1) is 11.9. The summed E-state index contributed by atoms with van der Waals surface area (Å²) in [4.78, 5) is 6.88. The van der Waals surface area contributed by atoms with Gasteiger partial charge in [-0.1, -0.05) is 30.3 Å². The smallest absolute Gasteiger partial charge is 0.123 e. The quantitative estimate of drug-likeness (QED) is 0.759. The van der Waals surface area contributed by atoms with Crippen LogP contribution in [0.3, 0.4) is 0 Å². The maximum absolute atomic E-state index is 4.66. The van der Waals surface area contributed by atoms with Gasteiger partial charge < -0.3 is 4.90 Å². The van der Waals surface area contributed by atoms with Gasteiger partial charge in [0.15, 0.2) is 0 Å². The lowest BCUT2D eigenvalue weighted by molar-refractivity contribution is 0.432. The van der Waals surface area contributed by atoms with Crippen molar-refractivity contribution < 1.29 is 0 Å². The first-order chi connectivity index (χ1) is 8.16. The molecule has 2 heteroatoms. The Morgan fingerprint density at radius 1 is 1.29 bits per heavy atom. The molecule has 1 aromatic rings. The Balaban J connectivity index is 2.18. The van der Waals surface area contributed by atoms with Crippen molar-refractivity contribution in [2.45, 2.75) is 26.3 Å². The Bertz CT molecular complexity index is 446. The summed E-state index contributed by atoms with van der Waals surface area (Å²) < 4.78 is 0. The summed E-state index contributed by atoms with van der Waals surface area (Å²) in [7, 11) is 2.10. The first-order valence-corrected chi connectivity index (χ1v) is 6.19. The van der Waals surface area contributed by atoms with Crippen LogP contribution in [-0.2, 0) is 0 Å². The molecule has 0 aliphatic carbocycles. The predicted molar refractivity (Wildman–Crippen MR) is 74.4 cm³/mol. The zero-order valence-electron chi connectivity index (χ0n) is 10.9. The number of amidine groups is 1. The van der Waals surface area contributed by atoms with Crippen molar-refractivity contribution >= 4 is 11.9 Å². The van der Waals surface area contributed by atoms with E-state index in [1.807, 2.05) is 0 Å². The lowest BCUT2D eigenvalue weighted by atomic mass is 10.1. The fourth-order valence-electron chi connectivity index (χ4n) is 1.99. The third kappa shape index (κ3) is 2.96. The highest BCUT2D eigenvalue weighted by Gasteiger charge is 2.12. The summed E-state index contributed by atoms with van der Waals surface area (Å²) in [5, 5.41) is 0. The fourth-order valence-corrected chi connectivity index (χ4v) is 1.99. The van der Waals surface area contributed by atoms with Gasteiger partial charge in [0.25, 0.3) is 0 Å². The fraction of sp³-hybridized carbons (Fsp3) is 0.400. The normalized spacial score (nSPS) is 20.8. The SMILES string of the molecule is Cc1ccccc1C=CC1=NC(C)CCN1C. The zero-order chi connectivity index (χ0) is 12.3. The molecule has 0 spiro atoms. The van der Waals surface area contributed by atoms with Crippen LogP contribution in [0.4, 0.5) is 0 Å². The summed E-state index contributed by atoms with van der Waals surface area (Å²) >= 11 is 0. The van der Waals surface area contributed by atoms with Gasteiger partial charge in [-0.25, -0.2) is 0 Å². The van der Waals surface area contributed by atoms with Crippen molar-refractivity contribution in [2.24, 2.45) is 4.99 Å². The molecule has 0 N–H and O–H groups in total. The van der Waals surface area contributed by atoms with E-state index in [9.17, 15) is 0 Å². The summed E-state index contributed by atoms with van der Waals surface area (Å²) in [5.74, 6) is 1.09. The third-order valence-corrected chi connectivity index (χ3v) is 3.23. The second kappa shape index (κ2) is 5.17. The molecule has 90 valence electrons. The summed E-state index contributed by atoms with van der Waals surface area (Å²) in [5.41, 5.74) is 2.57. The van der Waals surface area contributed by atoms with Gasteiger partial charge in [0.1, 0.15) is 5.84 Å². The molecule has 2 nitrogen and oxygen atoms in total. The highest BCUT2D eigenvalue weighted by molar-refractivity contribution is 5.96. The highest BCUT2D eigenvalue weighted by Crippen LogP contribution is 2.12. The standard InChI is InChI=1S/C15H20N2/c1-12-6-4-5-7-14(12)8-9-15-16-13(2)10-11-17(15)3/h4-9,13H,10-11H2,1-3H3. The topological polar surface area (TPSA) is 15.6 Å². The van der Waals surface area contributed by atoms with E-state index >= 15 is 0 Å². The molecule has 0 saturated carbocycles. The predicted octanol–water partition coefficient (Wildman–Crippen LogP) is 3.13. The maximum Gasteiger partial charge on any atom is 0.123 e. The molecule has 1 atom stereocenters. The lowest BCUT2D eigenvalue weighted by Crippen LogP contribution is -2.33. The van der Waals surface area contributed by atoms with Crippen LogP contribution in [0.25, 0.3) is 6.08 Å². The van der Waals surface area contributed by atoms with Gasteiger partial charge in [-0.05, 0) is 37.5 Å². The van der Waals surface area contributed by atoms with Crippen molar-refractivity contribution in [3.05, 3.63) is 41.5 Å². The van der Waals surface area contributed by atoms with Crippen LogP contribution in [0.2, 0.25) is 0 Å². The van der Waals surface area contributed by atoms with Crippen LogP contribution < -0.4 is 0 Å². The van der Waals surface area contributed by atoms with E-state index in [0.717, 1.165) is 18.8 Å². The number of hydrogen-bond acceptors (Lipinski definition) is 2. The van der Waals surface area contributed by atoms with Crippen molar-refractivity contribution in [1.29, 1.82) is 0 Å². The Hall–Kier alpha value is -1.57. The lowest BCUT2D eigenvalue weighted by Gasteiger charge is -2.26. The van der Waals surface area contributed by atoms with Crippen LogP contribution in [0.1, 0.15) is 24.5 Å². The Kier molecular flexibility index (Phi) is 3.62. The molecule has 1 aliphatic rings. The molecule has 1 heterocycles.